The van der Waals surface area contributed by atoms with E-state index < -0.39 is 18.0 Å². The minimum Gasteiger partial charge on any atom is -0.493 e. The molecule has 2 aromatic carbocycles. The number of benzene rings is 2. The number of ether oxygens (including phenoxy) is 3. The second kappa shape index (κ2) is 9.48. The average Bonchev–Trinajstić information content (AvgIpc) is 2.65. The first kappa shape index (κ1) is 20.9. The molecule has 0 aliphatic rings. The number of esters is 1. The highest BCUT2D eigenvalue weighted by Gasteiger charge is 2.20. The van der Waals surface area contributed by atoms with Crippen molar-refractivity contribution in [1.82, 2.24) is 5.32 Å². The summed E-state index contributed by atoms with van der Waals surface area (Å²) in [5, 5.41) is 3.26. The summed E-state index contributed by atoms with van der Waals surface area (Å²) < 4.78 is 15.6. The van der Waals surface area contributed by atoms with Gasteiger partial charge < -0.3 is 19.5 Å². The first-order valence-corrected chi connectivity index (χ1v) is 8.76. The van der Waals surface area contributed by atoms with Crippen molar-refractivity contribution in [2.75, 3.05) is 14.2 Å². The van der Waals surface area contributed by atoms with Crippen LogP contribution < -0.4 is 14.8 Å². The van der Waals surface area contributed by atoms with Crippen LogP contribution in [0.3, 0.4) is 0 Å². The summed E-state index contributed by atoms with van der Waals surface area (Å²) in [6.45, 7) is 1.72. The van der Waals surface area contributed by atoms with E-state index in [0.29, 0.717) is 16.5 Å². The van der Waals surface area contributed by atoms with Gasteiger partial charge in [-0.15, -0.1) is 0 Å². The first-order valence-electron chi connectivity index (χ1n) is 8.00. The normalized spacial score (nSPS) is 11.4. The number of hydrogen-bond acceptors (Lipinski definition) is 5. The number of hydrogen-bond donors (Lipinski definition) is 1. The molecule has 6 nitrogen and oxygen atoms in total. The summed E-state index contributed by atoms with van der Waals surface area (Å²) in [6.07, 6.45) is -0.996. The number of rotatable bonds is 7. The molecule has 1 atom stereocenters. The van der Waals surface area contributed by atoms with Gasteiger partial charge in [0.2, 0.25) is 0 Å². The molecule has 0 spiro atoms. The standard InChI is InChI=1S/C19H19Cl2NO5/c1-11(27-19(24)14-6-5-13(20)9-15(14)21)18(23)22-10-12-4-7-16(25-2)17(8-12)26-3/h4-9,11H,10H2,1-3H3,(H,22,23)/t11-/m1/s1. The summed E-state index contributed by atoms with van der Waals surface area (Å²) >= 11 is 11.8. The van der Waals surface area contributed by atoms with Crippen LogP contribution in [0.1, 0.15) is 22.8 Å². The predicted octanol–water partition coefficient (Wildman–Crippen LogP) is 3.87. The predicted molar refractivity (Wildman–Crippen MR) is 103 cm³/mol. The van der Waals surface area contributed by atoms with Gasteiger partial charge in [0.15, 0.2) is 17.6 Å². The quantitative estimate of drug-likeness (QED) is 0.699. The van der Waals surface area contributed by atoms with Crippen LogP contribution in [0.2, 0.25) is 10.0 Å². The van der Waals surface area contributed by atoms with Crippen LogP contribution >= 0.6 is 23.2 Å². The molecule has 27 heavy (non-hydrogen) atoms. The van der Waals surface area contributed by atoms with Crippen LogP contribution in [0, 0.1) is 0 Å². The Kier molecular flexibility index (Phi) is 7.33. The molecular weight excluding hydrogens is 393 g/mol. The van der Waals surface area contributed by atoms with Gasteiger partial charge in [0.1, 0.15) is 0 Å². The zero-order valence-electron chi connectivity index (χ0n) is 15.0. The largest absolute Gasteiger partial charge is 0.493 e. The molecule has 0 bridgehead atoms. The maximum atomic E-state index is 12.2. The SMILES string of the molecule is COc1ccc(CNC(=O)[C@@H](C)OC(=O)c2ccc(Cl)cc2Cl)cc1OC. The van der Waals surface area contributed by atoms with Crippen molar-refractivity contribution >= 4 is 35.1 Å². The lowest BCUT2D eigenvalue weighted by molar-refractivity contribution is -0.129. The third kappa shape index (κ3) is 5.52. The lowest BCUT2D eigenvalue weighted by Gasteiger charge is -2.15. The van der Waals surface area contributed by atoms with Crippen molar-refractivity contribution in [2.45, 2.75) is 19.6 Å². The molecule has 0 radical (unpaired) electrons. The van der Waals surface area contributed by atoms with Crippen LogP contribution in [0.15, 0.2) is 36.4 Å². The van der Waals surface area contributed by atoms with Gasteiger partial charge in [0.05, 0.1) is 24.8 Å². The Morgan fingerprint density at radius 3 is 2.37 bits per heavy atom. The molecule has 1 N–H and O–H groups in total. The number of carbonyl (C=O) groups excluding carboxylic acids is 2. The van der Waals surface area contributed by atoms with Crippen LogP contribution in [0.25, 0.3) is 0 Å². The maximum Gasteiger partial charge on any atom is 0.340 e. The second-order valence-corrected chi connectivity index (χ2v) is 6.42. The minimum absolute atomic E-state index is 0.139. The van der Waals surface area contributed by atoms with Crippen LogP contribution in [0.4, 0.5) is 0 Å². The van der Waals surface area contributed by atoms with E-state index in [9.17, 15) is 9.59 Å². The number of methoxy groups -OCH3 is 2. The Labute approximate surface area is 167 Å². The summed E-state index contributed by atoms with van der Waals surface area (Å²) in [7, 11) is 3.08. The van der Waals surface area contributed by atoms with E-state index in [1.807, 2.05) is 0 Å². The van der Waals surface area contributed by atoms with Gasteiger partial charge in [0.25, 0.3) is 5.91 Å². The first-order chi connectivity index (χ1) is 12.8. The van der Waals surface area contributed by atoms with Crippen LogP contribution in [-0.2, 0) is 16.1 Å². The zero-order chi connectivity index (χ0) is 20.0. The lowest BCUT2D eigenvalue weighted by atomic mass is 10.2. The Hall–Kier alpha value is -2.44. The van der Waals surface area contributed by atoms with Crippen molar-refractivity contribution in [2.24, 2.45) is 0 Å². The van der Waals surface area contributed by atoms with E-state index in [-0.39, 0.29) is 17.1 Å². The van der Waals surface area contributed by atoms with E-state index in [1.165, 1.54) is 32.2 Å². The highest BCUT2D eigenvalue weighted by atomic mass is 35.5. The molecule has 0 saturated carbocycles. The molecule has 0 aliphatic carbocycles. The van der Waals surface area contributed by atoms with E-state index in [4.69, 9.17) is 37.4 Å². The summed E-state index contributed by atoms with van der Waals surface area (Å²) in [6, 6.07) is 9.69. The van der Waals surface area contributed by atoms with Gasteiger partial charge in [0, 0.05) is 11.6 Å². The van der Waals surface area contributed by atoms with Gasteiger partial charge in [-0.05, 0) is 42.8 Å². The molecule has 0 fully saturated rings. The van der Waals surface area contributed by atoms with Crippen molar-refractivity contribution in [3.05, 3.63) is 57.6 Å². The van der Waals surface area contributed by atoms with Crippen molar-refractivity contribution in [1.29, 1.82) is 0 Å². The summed E-state index contributed by atoms with van der Waals surface area (Å²) in [5.41, 5.74) is 0.945. The highest BCUT2D eigenvalue weighted by Crippen LogP contribution is 2.27. The minimum atomic E-state index is -0.996. The van der Waals surface area contributed by atoms with E-state index in [1.54, 1.807) is 25.3 Å². The van der Waals surface area contributed by atoms with Gasteiger partial charge in [-0.2, -0.15) is 0 Å². The molecular formula is C19H19Cl2NO5. The summed E-state index contributed by atoms with van der Waals surface area (Å²) in [5.74, 6) is 0.00415. The Morgan fingerprint density at radius 2 is 1.74 bits per heavy atom. The molecule has 8 heteroatoms. The third-order valence-corrected chi connectivity index (χ3v) is 4.27. The average molecular weight is 412 g/mol. The number of halogens is 2. The number of nitrogens with one attached hydrogen (secondary N) is 1. The number of amides is 1. The van der Waals surface area contributed by atoms with Gasteiger partial charge >= 0.3 is 5.97 Å². The lowest BCUT2D eigenvalue weighted by Crippen LogP contribution is -2.35. The fourth-order valence-electron chi connectivity index (χ4n) is 2.26. The van der Waals surface area contributed by atoms with Crippen molar-refractivity contribution in [3.8, 4) is 11.5 Å². The third-order valence-electron chi connectivity index (χ3n) is 3.72. The Morgan fingerprint density at radius 1 is 1.04 bits per heavy atom. The summed E-state index contributed by atoms with van der Waals surface area (Å²) in [4.78, 5) is 24.4. The van der Waals surface area contributed by atoms with Crippen molar-refractivity contribution in [3.63, 3.8) is 0 Å². The van der Waals surface area contributed by atoms with Crippen LogP contribution in [-0.4, -0.2) is 32.2 Å². The molecule has 0 saturated heterocycles. The smallest absolute Gasteiger partial charge is 0.340 e. The monoisotopic (exact) mass is 411 g/mol. The van der Waals surface area contributed by atoms with E-state index in [0.717, 1.165) is 5.56 Å². The zero-order valence-corrected chi connectivity index (χ0v) is 16.6. The van der Waals surface area contributed by atoms with E-state index >= 15 is 0 Å². The van der Waals surface area contributed by atoms with E-state index in [2.05, 4.69) is 5.32 Å². The fraction of sp³-hybridized carbons (Fsp3) is 0.263. The maximum absolute atomic E-state index is 12.2. The van der Waals surface area contributed by atoms with Gasteiger partial charge in [-0.25, -0.2) is 4.79 Å². The fourth-order valence-corrected chi connectivity index (χ4v) is 2.74. The molecule has 144 valence electrons. The second-order valence-electron chi connectivity index (χ2n) is 5.58. The van der Waals surface area contributed by atoms with Crippen molar-refractivity contribution < 1.29 is 23.8 Å². The molecule has 0 aromatic heterocycles. The molecule has 2 rings (SSSR count). The Balaban J connectivity index is 1.94. The van der Waals surface area contributed by atoms with Gasteiger partial charge in [-0.1, -0.05) is 29.3 Å². The molecule has 1 amide bonds. The number of carbonyl (C=O) groups is 2. The Bertz CT molecular complexity index is 841. The molecule has 2 aromatic rings. The van der Waals surface area contributed by atoms with Crippen LogP contribution in [0.5, 0.6) is 11.5 Å². The highest BCUT2D eigenvalue weighted by molar-refractivity contribution is 6.36. The molecule has 0 heterocycles. The topological polar surface area (TPSA) is 73.9 Å². The van der Waals surface area contributed by atoms with Gasteiger partial charge in [-0.3, -0.25) is 4.79 Å². The molecule has 0 aliphatic heterocycles. The molecule has 0 unspecified atom stereocenters.